The van der Waals surface area contributed by atoms with Gasteiger partial charge in [-0.2, -0.15) is 0 Å². The van der Waals surface area contributed by atoms with Crippen molar-refractivity contribution in [2.24, 2.45) is 0 Å². The molecule has 1 atom stereocenters. The van der Waals surface area contributed by atoms with Crippen molar-refractivity contribution in [3.05, 3.63) is 44.1 Å². The first kappa shape index (κ1) is 13.5. The number of thiazole rings is 1. The molecule has 5 heteroatoms. The molecule has 2 rings (SSSR count). The molecule has 0 aliphatic heterocycles. The lowest BCUT2D eigenvalue weighted by atomic mass is 10.1. The Morgan fingerprint density at radius 2 is 2.11 bits per heavy atom. The molecule has 0 spiro atoms. The van der Waals surface area contributed by atoms with E-state index in [-0.39, 0.29) is 11.9 Å². The molecule has 1 aromatic heterocycles. The van der Waals surface area contributed by atoms with Gasteiger partial charge < -0.3 is 5.32 Å². The second kappa shape index (κ2) is 5.36. The van der Waals surface area contributed by atoms with E-state index >= 15 is 0 Å². The fourth-order valence-electron chi connectivity index (χ4n) is 1.83. The van der Waals surface area contributed by atoms with E-state index in [0.29, 0.717) is 4.47 Å². The minimum Gasteiger partial charge on any atom is -0.377 e. The predicted octanol–water partition coefficient (Wildman–Crippen LogP) is 4.83. The van der Waals surface area contributed by atoms with Gasteiger partial charge in [0, 0.05) is 10.6 Å². The number of aromatic nitrogens is 1. The zero-order chi connectivity index (χ0) is 13.3. The Bertz CT molecular complexity index is 568. The summed E-state index contributed by atoms with van der Waals surface area (Å²) in [7, 11) is 0. The SMILES string of the molecule is Cc1cc(Br)c(F)cc1NC(C)c1scnc1C. The summed E-state index contributed by atoms with van der Waals surface area (Å²) in [5, 5.41) is 3.33. The highest BCUT2D eigenvalue weighted by molar-refractivity contribution is 9.10. The third-order valence-electron chi connectivity index (χ3n) is 2.82. The van der Waals surface area contributed by atoms with E-state index in [1.54, 1.807) is 17.4 Å². The molecule has 1 aromatic carbocycles. The van der Waals surface area contributed by atoms with Crippen LogP contribution < -0.4 is 5.32 Å². The van der Waals surface area contributed by atoms with Crippen LogP contribution in [0.5, 0.6) is 0 Å². The van der Waals surface area contributed by atoms with Crippen LogP contribution in [0.2, 0.25) is 0 Å². The topological polar surface area (TPSA) is 24.9 Å². The first-order chi connectivity index (χ1) is 8.49. The Morgan fingerprint density at radius 3 is 2.72 bits per heavy atom. The average Bonchev–Trinajstić information content (AvgIpc) is 2.72. The normalized spacial score (nSPS) is 12.5. The molecule has 0 amide bonds. The molecule has 0 saturated carbocycles. The molecule has 0 radical (unpaired) electrons. The lowest BCUT2D eigenvalue weighted by molar-refractivity contribution is 0.620. The Hall–Kier alpha value is -0.940. The zero-order valence-corrected chi connectivity index (χ0v) is 12.8. The van der Waals surface area contributed by atoms with E-state index < -0.39 is 0 Å². The van der Waals surface area contributed by atoms with E-state index in [4.69, 9.17) is 0 Å². The van der Waals surface area contributed by atoms with Gasteiger partial charge in [0.1, 0.15) is 5.82 Å². The summed E-state index contributed by atoms with van der Waals surface area (Å²) in [5.41, 5.74) is 4.68. The Labute approximate surface area is 118 Å². The summed E-state index contributed by atoms with van der Waals surface area (Å²) in [6.45, 7) is 6.00. The van der Waals surface area contributed by atoms with Crippen molar-refractivity contribution < 1.29 is 4.39 Å². The van der Waals surface area contributed by atoms with Gasteiger partial charge in [0.15, 0.2) is 0 Å². The number of anilines is 1. The van der Waals surface area contributed by atoms with Crippen LogP contribution in [0.1, 0.15) is 29.1 Å². The highest BCUT2D eigenvalue weighted by Crippen LogP contribution is 2.29. The summed E-state index contributed by atoms with van der Waals surface area (Å²) in [6, 6.07) is 3.42. The van der Waals surface area contributed by atoms with Crippen LogP contribution in [0.25, 0.3) is 0 Å². The van der Waals surface area contributed by atoms with Crippen LogP contribution in [0.3, 0.4) is 0 Å². The highest BCUT2D eigenvalue weighted by atomic mass is 79.9. The fraction of sp³-hybridized carbons (Fsp3) is 0.308. The van der Waals surface area contributed by atoms with Crippen LogP contribution in [0.15, 0.2) is 22.1 Å². The van der Waals surface area contributed by atoms with Crippen LogP contribution >= 0.6 is 27.3 Å². The van der Waals surface area contributed by atoms with Gasteiger partial charge in [0.25, 0.3) is 0 Å². The molecule has 2 nitrogen and oxygen atoms in total. The minimum atomic E-state index is -0.253. The van der Waals surface area contributed by atoms with Crippen molar-refractivity contribution >= 4 is 33.0 Å². The number of hydrogen-bond donors (Lipinski definition) is 1. The van der Waals surface area contributed by atoms with Gasteiger partial charge >= 0.3 is 0 Å². The number of nitrogens with one attached hydrogen (secondary N) is 1. The fourth-order valence-corrected chi connectivity index (χ4v) is 3.10. The number of hydrogen-bond acceptors (Lipinski definition) is 3. The van der Waals surface area contributed by atoms with Gasteiger partial charge in [-0.1, -0.05) is 0 Å². The Morgan fingerprint density at radius 1 is 1.39 bits per heavy atom. The average molecular weight is 329 g/mol. The maximum Gasteiger partial charge on any atom is 0.139 e. The van der Waals surface area contributed by atoms with Crippen LogP contribution in [-0.2, 0) is 0 Å². The molecule has 0 bridgehead atoms. The first-order valence-electron chi connectivity index (χ1n) is 5.61. The Kier molecular flexibility index (Phi) is 4.02. The molecule has 1 heterocycles. The summed E-state index contributed by atoms with van der Waals surface area (Å²) in [6.07, 6.45) is 0. The molecular formula is C13H14BrFN2S. The van der Waals surface area contributed by atoms with Gasteiger partial charge in [-0.05, 0) is 54.4 Å². The van der Waals surface area contributed by atoms with Gasteiger partial charge in [-0.25, -0.2) is 9.37 Å². The van der Waals surface area contributed by atoms with Crippen LogP contribution in [0, 0.1) is 19.7 Å². The lowest BCUT2D eigenvalue weighted by Crippen LogP contribution is -2.08. The van der Waals surface area contributed by atoms with Crippen LogP contribution in [-0.4, -0.2) is 4.98 Å². The smallest absolute Gasteiger partial charge is 0.139 e. The third-order valence-corrected chi connectivity index (χ3v) is 4.54. The predicted molar refractivity (Wildman–Crippen MR) is 77.7 cm³/mol. The summed E-state index contributed by atoms with van der Waals surface area (Å²) >= 11 is 4.80. The van der Waals surface area contributed by atoms with Crippen molar-refractivity contribution in [3.8, 4) is 0 Å². The van der Waals surface area contributed by atoms with E-state index in [1.165, 1.54) is 10.9 Å². The van der Waals surface area contributed by atoms with Crippen molar-refractivity contribution in [1.29, 1.82) is 0 Å². The molecule has 2 aromatic rings. The van der Waals surface area contributed by atoms with Crippen molar-refractivity contribution in [2.45, 2.75) is 26.8 Å². The van der Waals surface area contributed by atoms with E-state index in [1.807, 2.05) is 19.4 Å². The van der Waals surface area contributed by atoms with Crippen molar-refractivity contribution in [2.75, 3.05) is 5.32 Å². The van der Waals surface area contributed by atoms with Gasteiger partial charge in [-0.3, -0.25) is 0 Å². The first-order valence-corrected chi connectivity index (χ1v) is 7.28. The maximum atomic E-state index is 13.5. The monoisotopic (exact) mass is 328 g/mol. The number of aryl methyl sites for hydroxylation is 2. The van der Waals surface area contributed by atoms with E-state index in [9.17, 15) is 4.39 Å². The quantitative estimate of drug-likeness (QED) is 0.872. The number of halogens is 2. The van der Waals surface area contributed by atoms with Gasteiger partial charge in [0.2, 0.25) is 0 Å². The van der Waals surface area contributed by atoms with E-state index in [0.717, 1.165) is 16.9 Å². The molecule has 18 heavy (non-hydrogen) atoms. The third kappa shape index (κ3) is 2.72. The number of nitrogens with zero attached hydrogens (tertiary/aromatic N) is 1. The molecule has 1 N–H and O–H groups in total. The van der Waals surface area contributed by atoms with Gasteiger partial charge in [0.05, 0.1) is 21.7 Å². The second-order valence-electron chi connectivity index (χ2n) is 4.25. The molecule has 0 aliphatic carbocycles. The molecule has 1 unspecified atom stereocenters. The van der Waals surface area contributed by atoms with Crippen molar-refractivity contribution in [1.82, 2.24) is 4.98 Å². The van der Waals surface area contributed by atoms with E-state index in [2.05, 4.69) is 33.2 Å². The standard InChI is InChI=1S/C13H14BrFN2S/c1-7-4-10(14)11(15)5-12(7)17-9(3)13-8(2)16-6-18-13/h4-6,9,17H,1-3H3. The number of rotatable bonds is 3. The maximum absolute atomic E-state index is 13.5. The summed E-state index contributed by atoms with van der Waals surface area (Å²) in [4.78, 5) is 5.41. The molecule has 0 aliphatic rings. The largest absolute Gasteiger partial charge is 0.377 e. The lowest BCUT2D eigenvalue weighted by Gasteiger charge is -2.17. The zero-order valence-electron chi connectivity index (χ0n) is 10.4. The molecule has 0 fully saturated rings. The molecule has 0 saturated heterocycles. The van der Waals surface area contributed by atoms with Gasteiger partial charge in [-0.15, -0.1) is 11.3 Å². The molecular weight excluding hydrogens is 315 g/mol. The minimum absolute atomic E-state index is 0.122. The number of benzene rings is 1. The second-order valence-corrected chi connectivity index (χ2v) is 5.99. The Balaban J connectivity index is 2.24. The summed E-state index contributed by atoms with van der Waals surface area (Å²) in [5.74, 6) is -0.253. The van der Waals surface area contributed by atoms with Crippen LogP contribution in [0.4, 0.5) is 10.1 Å². The molecule has 96 valence electrons. The summed E-state index contributed by atoms with van der Waals surface area (Å²) < 4.78 is 14.0. The highest BCUT2D eigenvalue weighted by Gasteiger charge is 2.13. The van der Waals surface area contributed by atoms with Crippen molar-refractivity contribution in [3.63, 3.8) is 0 Å².